The molecule has 1 heterocycles. The van der Waals surface area contributed by atoms with Gasteiger partial charge in [0.15, 0.2) is 0 Å². The fraction of sp³-hybridized carbons (Fsp3) is 0.235. The Balaban J connectivity index is 1.77. The van der Waals surface area contributed by atoms with Gasteiger partial charge in [-0.3, -0.25) is 15.5 Å². The lowest BCUT2D eigenvalue weighted by Gasteiger charge is -2.28. The molecular weight excluding hydrogens is 308 g/mol. The summed E-state index contributed by atoms with van der Waals surface area (Å²) in [5.41, 5.74) is 5.12. The van der Waals surface area contributed by atoms with Gasteiger partial charge in [0.1, 0.15) is 5.69 Å². The number of hydrogen-bond donors (Lipinski definition) is 1. The van der Waals surface area contributed by atoms with Crippen molar-refractivity contribution in [2.24, 2.45) is 5.10 Å². The first kappa shape index (κ1) is 15.9. The normalized spacial score (nSPS) is 14.8. The predicted molar refractivity (Wildman–Crippen MR) is 93.8 cm³/mol. The molecule has 7 heteroatoms. The quantitative estimate of drug-likeness (QED) is 0.519. The summed E-state index contributed by atoms with van der Waals surface area (Å²) in [6, 6.07) is 14.6. The summed E-state index contributed by atoms with van der Waals surface area (Å²) < 4.78 is 5.30. The van der Waals surface area contributed by atoms with Crippen LogP contribution in [0.1, 0.15) is 5.56 Å². The molecule has 1 aliphatic rings. The Labute approximate surface area is 139 Å². The third kappa shape index (κ3) is 3.88. The number of hydrogen-bond acceptors (Lipinski definition) is 6. The zero-order valence-electron chi connectivity index (χ0n) is 13.1. The third-order valence-corrected chi connectivity index (χ3v) is 3.73. The average Bonchev–Trinajstić information content (AvgIpc) is 2.63. The van der Waals surface area contributed by atoms with Gasteiger partial charge in [-0.25, -0.2) is 0 Å². The van der Waals surface area contributed by atoms with Crippen molar-refractivity contribution >= 4 is 23.3 Å². The van der Waals surface area contributed by atoms with Gasteiger partial charge >= 0.3 is 0 Å². The Bertz CT molecular complexity index is 728. The van der Waals surface area contributed by atoms with Crippen LogP contribution in [-0.4, -0.2) is 37.4 Å². The number of ether oxygens (including phenoxy) is 1. The van der Waals surface area contributed by atoms with Gasteiger partial charge in [0.25, 0.3) is 5.69 Å². The van der Waals surface area contributed by atoms with E-state index in [-0.39, 0.29) is 10.6 Å². The molecule has 0 unspecified atom stereocenters. The molecule has 0 radical (unpaired) electrons. The Morgan fingerprint density at radius 3 is 2.62 bits per heavy atom. The van der Waals surface area contributed by atoms with Gasteiger partial charge in [0.05, 0.1) is 30.0 Å². The molecule has 0 saturated carbocycles. The topological polar surface area (TPSA) is 80.0 Å². The van der Waals surface area contributed by atoms with Gasteiger partial charge in [0.2, 0.25) is 0 Å². The Morgan fingerprint density at radius 1 is 1.17 bits per heavy atom. The van der Waals surface area contributed by atoms with Crippen LogP contribution in [0.5, 0.6) is 0 Å². The van der Waals surface area contributed by atoms with Crippen LogP contribution < -0.4 is 10.3 Å². The van der Waals surface area contributed by atoms with Crippen molar-refractivity contribution in [3.8, 4) is 0 Å². The van der Waals surface area contributed by atoms with Crippen molar-refractivity contribution in [2.45, 2.75) is 0 Å². The van der Waals surface area contributed by atoms with Crippen LogP contribution in [0.4, 0.5) is 17.1 Å². The molecule has 0 bridgehead atoms. The molecule has 3 rings (SSSR count). The molecule has 1 saturated heterocycles. The van der Waals surface area contributed by atoms with Crippen molar-refractivity contribution in [1.29, 1.82) is 0 Å². The number of benzene rings is 2. The van der Waals surface area contributed by atoms with Crippen LogP contribution in [-0.2, 0) is 4.74 Å². The number of para-hydroxylation sites is 1. The molecule has 0 amide bonds. The summed E-state index contributed by atoms with van der Waals surface area (Å²) in [7, 11) is 0. The van der Waals surface area contributed by atoms with Gasteiger partial charge < -0.3 is 9.64 Å². The lowest BCUT2D eigenvalue weighted by atomic mass is 10.1. The molecule has 0 aromatic heterocycles. The minimum Gasteiger partial charge on any atom is -0.378 e. The number of hydrazone groups is 1. The maximum atomic E-state index is 11.4. The Kier molecular flexibility index (Phi) is 5.02. The molecule has 124 valence electrons. The summed E-state index contributed by atoms with van der Waals surface area (Å²) in [4.78, 5) is 13.0. The minimum absolute atomic E-state index is 0.0839. The Morgan fingerprint density at radius 2 is 1.92 bits per heavy atom. The Hall–Kier alpha value is -2.93. The molecule has 1 fully saturated rings. The van der Waals surface area contributed by atoms with E-state index < -0.39 is 0 Å². The summed E-state index contributed by atoms with van der Waals surface area (Å²) in [5.74, 6) is 0. The predicted octanol–water partition coefficient (Wildman–Crippen LogP) is 2.88. The van der Waals surface area contributed by atoms with E-state index in [0.29, 0.717) is 37.6 Å². The highest BCUT2D eigenvalue weighted by Crippen LogP contribution is 2.29. The zero-order valence-corrected chi connectivity index (χ0v) is 13.1. The van der Waals surface area contributed by atoms with Crippen LogP contribution in [0.2, 0.25) is 0 Å². The monoisotopic (exact) mass is 326 g/mol. The minimum atomic E-state index is -0.354. The van der Waals surface area contributed by atoms with E-state index in [1.807, 2.05) is 41.3 Å². The van der Waals surface area contributed by atoms with E-state index >= 15 is 0 Å². The van der Waals surface area contributed by atoms with Crippen LogP contribution >= 0.6 is 0 Å². The number of morpholine rings is 1. The lowest BCUT2D eigenvalue weighted by molar-refractivity contribution is -0.384. The molecule has 1 aliphatic heterocycles. The van der Waals surface area contributed by atoms with Gasteiger partial charge in [-0.2, -0.15) is 5.10 Å². The molecule has 7 nitrogen and oxygen atoms in total. The van der Waals surface area contributed by atoms with E-state index in [1.165, 1.54) is 0 Å². The second-order valence-corrected chi connectivity index (χ2v) is 5.34. The van der Waals surface area contributed by atoms with Gasteiger partial charge in [-0.15, -0.1) is 0 Å². The number of nitrogens with zero attached hydrogens (tertiary/aromatic N) is 3. The second-order valence-electron chi connectivity index (χ2n) is 5.34. The molecule has 0 spiro atoms. The lowest BCUT2D eigenvalue weighted by Crippen LogP contribution is -2.36. The van der Waals surface area contributed by atoms with E-state index in [9.17, 15) is 10.1 Å². The first-order valence-electron chi connectivity index (χ1n) is 7.69. The van der Waals surface area contributed by atoms with E-state index in [4.69, 9.17) is 4.74 Å². The number of nitrogens with one attached hydrogen (secondary N) is 1. The number of rotatable bonds is 5. The fourth-order valence-electron chi connectivity index (χ4n) is 2.53. The first-order chi connectivity index (χ1) is 11.7. The zero-order chi connectivity index (χ0) is 16.8. The van der Waals surface area contributed by atoms with Crippen molar-refractivity contribution in [2.75, 3.05) is 36.6 Å². The SMILES string of the molecule is O=[N+]([O-])c1cc(C=NNc2ccccc2)ccc1N1CCOCC1. The molecular formula is C17H18N4O3. The summed E-state index contributed by atoms with van der Waals surface area (Å²) in [6.07, 6.45) is 1.57. The van der Waals surface area contributed by atoms with Crippen molar-refractivity contribution in [1.82, 2.24) is 0 Å². The molecule has 2 aromatic rings. The average molecular weight is 326 g/mol. The maximum Gasteiger partial charge on any atom is 0.293 e. The van der Waals surface area contributed by atoms with Gasteiger partial charge in [-0.1, -0.05) is 24.3 Å². The molecule has 0 atom stereocenters. The van der Waals surface area contributed by atoms with Crippen molar-refractivity contribution in [3.05, 3.63) is 64.2 Å². The van der Waals surface area contributed by atoms with Crippen molar-refractivity contribution in [3.63, 3.8) is 0 Å². The van der Waals surface area contributed by atoms with Crippen molar-refractivity contribution < 1.29 is 9.66 Å². The summed E-state index contributed by atoms with van der Waals surface area (Å²) in [6.45, 7) is 2.48. The highest BCUT2D eigenvalue weighted by Gasteiger charge is 2.21. The highest BCUT2D eigenvalue weighted by atomic mass is 16.6. The summed E-state index contributed by atoms with van der Waals surface area (Å²) in [5, 5.41) is 15.5. The third-order valence-electron chi connectivity index (χ3n) is 3.73. The van der Waals surface area contributed by atoms with E-state index in [1.54, 1.807) is 18.3 Å². The fourth-order valence-corrected chi connectivity index (χ4v) is 2.53. The van der Waals surface area contributed by atoms with Gasteiger partial charge in [-0.05, 0) is 18.2 Å². The van der Waals surface area contributed by atoms with Gasteiger partial charge in [0, 0.05) is 24.7 Å². The maximum absolute atomic E-state index is 11.4. The second kappa shape index (κ2) is 7.56. The number of anilines is 2. The largest absolute Gasteiger partial charge is 0.378 e. The van der Waals surface area contributed by atoms with Crippen LogP contribution in [0.3, 0.4) is 0 Å². The standard InChI is InChI=1S/C17H18N4O3/c22-21(23)17-12-14(13-18-19-15-4-2-1-3-5-15)6-7-16(17)20-8-10-24-11-9-20/h1-7,12-13,19H,8-11H2. The van der Waals surface area contributed by atoms with E-state index in [0.717, 1.165) is 5.69 Å². The summed E-state index contributed by atoms with van der Waals surface area (Å²) >= 11 is 0. The molecule has 24 heavy (non-hydrogen) atoms. The molecule has 2 aromatic carbocycles. The molecule has 1 N–H and O–H groups in total. The molecule has 0 aliphatic carbocycles. The van der Waals surface area contributed by atoms with E-state index in [2.05, 4.69) is 10.5 Å². The highest BCUT2D eigenvalue weighted by molar-refractivity contribution is 5.83. The first-order valence-corrected chi connectivity index (χ1v) is 7.69. The smallest absolute Gasteiger partial charge is 0.293 e. The van der Waals surface area contributed by atoms with Crippen LogP contribution in [0.25, 0.3) is 0 Å². The van der Waals surface area contributed by atoms with Crippen LogP contribution in [0.15, 0.2) is 53.6 Å². The number of nitro groups is 1. The van der Waals surface area contributed by atoms with Crippen LogP contribution in [0, 0.1) is 10.1 Å². The number of nitro benzene ring substituents is 1.